The molecular weight excluding hydrogens is 337 g/mol. The fourth-order valence-corrected chi connectivity index (χ4v) is 3.02. The summed E-state index contributed by atoms with van der Waals surface area (Å²) in [5, 5.41) is 2.80. The van der Waals surface area contributed by atoms with Gasteiger partial charge in [-0.05, 0) is 12.5 Å². The van der Waals surface area contributed by atoms with Gasteiger partial charge in [-0.3, -0.25) is 14.5 Å². The molecule has 144 valence electrons. The largest absolute Gasteiger partial charge is 0.497 e. The van der Waals surface area contributed by atoms with E-state index < -0.39 is 6.04 Å². The molecule has 1 aromatic rings. The Morgan fingerprint density at radius 2 is 2.23 bits per heavy atom. The summed E-state index contributed by atoms with van der Waals surface area (Å²) in [6.07, 6.45) is 2.04. The minimum atomic E-state index is -0.582. The maximum absolute atomic E-state index is 14.3. The van der Waals surface area contributed by atoms with E-state index in [-0.39, 0.29) is 30.6 Å². The first-order chi connectivity index (χ1) is 12.5. The smallest absolute Gasteiger partial charge is 0.237 e. The van der Waals surface area contributed by atoms with Crippen molar-refractivity contribution in [3.8, 4) is 5.75 Å². The monoisotopic (exact) mass is 365 g/mol. The molecule has 1 fully saturated rings. The summed E-state index contributed by atoms with van der Waals surface area (Å²) < 4.78 is 19.3. The molecule has 26 heavy (non-hydrogen) atoms. The van der Waals surface area contributed by atoms with Crippen LogP contribution < -0.4 is 10.1 Å². The van der Waals surface area contributed by atoms with E-state index >= 15 is 0 Å². The van der Waals surface area contributed by atoms with Crippen LogP contribution in [0.2, 0.25) is 0 Å². The summed E-state index contributed by atoms with van der Waals surface area (Å²) >= 11 is 0. The van der Waals surface area contributed by atoms with Crippen LogP contribution in [0, 0.1) is 5.82 Å². The molecule has 1 saturated heterocycles. The molecule has 1 aliphatic rings. The van der Waals surface area contributed by atoms with Crippen LogP contribution in [0.25, 0.3) is 0 Å². The van der Waals surface area contributed by atoms with Gasteiger partial charge in [-0.25, -0.2) is 4.39 Å². The topological polar surface area (TPSA) is 61.9 Å². The lowest BCUT2D eigenvalue weighted by Crippen LogP contribution is -2.56. The molecule has 0 spiro atoms. The highest BCUT2D eigenvalue weighted by Crippen LogP contribution is 2.20. The van der Waals surface area contributed by atoms with E-state index in [0.717, 1.165) is 12.8 Å². The quantitative estimate of drug-likeness (QED) is 0.763. The number of nitrogens with one attached hydrogen (secondary N) is 1. The minimum Gasteiger partial charge on any atom is -0.497 e. The lowest BCUT2D eigenvalue weighted by molar-refractivity contribution is -0.138. The number of hydrogen-bond acceptors (Lipinski definition) is 4. The van der Waals surface area contributed by atoms with Crippen molar-refractivity contribution in [3.05, 3.63) is 29.6 Å². The third-order valence-corrected chi connectivity index (χ3v) is 4.72. The number of benzene rings is 1. The van der Waals surface area contributed by atoms with E-state index in [1.165, 1.54) is 13.2 Å². The first kappa shape index (κ1) is 20.2. The van der Waals surface area contributed by atoms with Crippen LogP contribution in [0.3, 0.4) is 0 Å². The van der Waals surface area contributed by atoms with Crippen LogP contribution in [0.15, 0.2) is 18.2 Å². The van der Waals surface area contributed by atoms with Crippen molar-refractivity contribution < 1.29 is 18.7 Å². The van der Waals surface area contributed by atoms with E-state index in [0.29, 0.717) is 30.9 Å². The average Bonchev–Trinajstić information content (AvgIpc) is 2.63. The molecule has 0 unspecified atom stereocenters. The first-order valence-electron chi connectivity index (χ1n) is 9.04. The number of methoxy groups -OCH3 is 1. The molecule has 2 rings (SSSR count). The second-order valence-corrected chi connectivity index (χ2v) is 6.61. The summed E-state index contributed by atoms with van der Waals surface area (Å²) in [7, 11) is 3.24. The van der Waals surface area contributed by atoms with Crippen LogP contribution in [-0.4, -0.2) is 61.4 Å². The number of carbonyl (C=O) groups is 2. The van der Waals surface area contributed by atoms with Crippen LogP contribution in [0.1, 0.15) is 31.7 Å². The summed E-state index contributed by atoms with van der Waals surface area (Å²) in [4.78, 5) is 28.3. The molecule has 0 saturated carbocycles. The Labute approximate surface area is 154 Å². The van der Waals surface area contributed by atoms with Gasteiger partial charge in [0.25, 0.3) is 0 Å². The number of amides is 2. The number of rotatable bonds is 8. The number of hydrogen-bond donors (Lipinski definition) is 1. The van der Waals surface area contributed by atoms with Crippen LogP contribution >= 0.6 is 0 Å². The van der Waals surface area contributed by atoms with E-state index in [4.69, 9.17) is 4.74 Å². The zero-order valence-electron chi connectivity index (χ0n) is 15.8. The highest BCUT2D eigenvalue weighted by atomic mass is 19.1. The van der Waals surface area contributed by atoms with Crippen molar-refractivity contribution in [3.63, 3.8) is 0 Å². The predicted molar refractivity (Wildman–Crippen MR) is 97.3 cm³/mol. The number of unbranched alkanes of at least 4 members (excludes halogenated alkanes) is 1. The molecular formula is C19H28FN3O3. The molecule has 1 heterocycles. The normalized spacial score (nSPS) is 17.7. The lowest BCUT2D eigenvalue weighted by Gasteiger charge is -2.35. The molecule has 0 radical (unpaired) electrons. The average molecular weight is 365 g/mol. The van der Waals surface area contributed by atoms with E-state index in [1.54, 1.807) is 24.1 Å². The fourth-order valence-electron chi connectivity index (χ4n) is 3.02. The second-order valence-electron chi connectivity index (χ2n) is 6.61. The maximum atomic E-state index is 14.3. The van der Waals surface area contributed by atoms with Gasteiger partial charge < -0.3 is 15.0 Å². The van der Waals surface area contributed by atoms with Gasteiger partial charge >= 0.3 is 0 Å². The van der Waals surface area contributed by atoms with Gasteiger partial charge in [-0.15, -0.1) is 0 Å². The van der Waals surface area contributed by atoms with Crippen molar-refractivity contribution in [2.24, 2.45) is 0 Å². The molecule has 7 heteroatoms. The SMILES string of the molecule is CCCCN(C)C(=O)C[C@@H]1C(=O)NCCN1Cc1ccc(OC)cc1F. The van der Waals surface area contributed by atoms with Gasteiger partial charge in [0.15, 0.2) is 0 Å². The Morgan fingerprint density at radius 1 is 1.46 bits per heavy atom. The molecule has 0 aromatic heterocycles. The van der Waals surface area contributed by atoms with Crippen LogP contribution in [-0.2, 0) is 16.1 Å². The molecule has 0 aliphatic carbocycles. The van der Waals surface area contributed by atoms with Crippen molar-refractivity contribution >= 4 is 11.8 Å². The summed E-state index contributed by atoms with van der Waals surface area (Å²) in [6.45, 7) is 4.09. The number of ether oxygens (including phenoxy) is 1. The van der Waals surface area contributed by atoms with E-state index in [2.05, 4.69) is 12.2 Å². The standard InChI is InChI=1S/C19H28FN3O3/c1-4-5-9-22(2)18(24)12-17-19(25)21-8-10-23(17)13-14-6-7-15(26-3)11-16(14)20/h6-7,11,17H,4-5,8-10,12-13H2,1-3H3,(H,21,25)/t17-/m1/s1. The molecule has 1 N–H and O–H groups in total. The molecule has 1 aromatic carbocycles. The number of carbonyl (C=O) groups excluding carboxylic acids is 2. The highest BCUT2D eigenvalue weighted by molar-refractivity contribution is 5.88. The predicted octanol–water partition coefficient (Wildman–Crippen LogP) is 1.78. The Balaban J connectivity index is 2.07. The Bertz CT molecular complexity index is 638. The van der Waals surface area contributed by atoms with E-state index in [1.807, 2.05) is 4.90 Å². The maximum Gasteiger partial charge on any atom is 0.237 e. The first-order valence-corrected chi connectivity index (χ1v) is 9.04. The van der Waals surface area contributed by atoms with Crippen LogP contribution in [0.5, 0.6) is 5.75 Å². The van der Waals surface area contributed by atoms with Crippen molar-refractivity contribution in [1.29, 1.82) is 0 Å². The third kappa shape index (κ3) is 5.17. The van der Waals surface area contributed by atoms with E-state index in [9.17, 15) is 14.0 Å². The van der Waals surface area contributed by atoms with Crippen molar-refractivity contribution in [2.75, 3.05) is 33.8 Å². The van der Waals surface area contributed by atoms with Crippen LogP contribution in [0.4, 0.5) is 4.39 Å². The zero-order chi connectivity index (χ0) is 19.1. The molecule has 1 atom stereocenters. The fraction of sp³-hybridized carbons (Fsp3) is 0.579. The Hall–Kier alpha value is -2.15. The van der Waals surface area contributed by atoms with Gasteiger partial charge in [-0.1, -0.05) is 19.4 Å². The summed E-state index contributed by atoms with van der Waals surface area (Å²) in [5.74, 6) is -0.171. The van der Waals surface area contributed by atoms with Crippen molar-refractivity contribution in [2.45, 2.75) is 38.8 Å². The summed E-state index contributed by atoms with van der Waals surface area (Å²) in [5.41, 5.74) is 0.484. The van der Waals surface area contributed by atoms with Gasteiger partial charge in [-0.2, -0.15) is 0 Å². The number of halogens is 1. The molecule has 0 bridgehead atoms. The van der Waals surface area contributed by atoms with Gasteiger partial charge in [0, 0.05) is 44.9 Å². The molecule has 6 nitrogen and oxygen atoms in total. The molecule has 1 aliphatic heterocycles. The van der Waals surface area contributed by atoms with Gasteiger partial charge in [0.2, 0.25) is 11.8 Å². The highest BCUT2D eigenvalue weighted by Gasteiger charge is 2.32. The Kier molecular flexibility index (Phi) is 7.38. The number of piperazine rings is 1. The zero-order valence-corrected chi connectivity index (χ0v) is 15.8. The molecule has 2 amide bonds. The second kappa shape index (κ2) is 9.52. The Morgan fingerprint density at radius 3 is 2.88 bits per heavy atom. The number of nitrogens with zero attached hydrogens (tertiary/aromatic N) is 2. The van der Waals surface area contributed by atoms with Gasteiger partial charge in [0.1, 0.15) is 11.6 Å². The van der Waals surface area contributed by atoms with Crippen molar-refractivity contribution in [1.82, 2.24) is 15.1 Å². The lowest BCUT2D eigenvalue weighted by atomic mass is 10.1. The third-order valence-electron chi connectivity index (χ3n) is 4.72. The summed E-state index contributed by atoms with van der Waals surface area (Å²) in [6, 6.07) is 4.10. The van der Waals surface area contributed by atoms with Gasteiger partial charge in [0.05, 0.1) is 19.6 Å². The minimum absolute atomic E-state index is 0.0688.